The molecule has 0 spiro atoms. The Balaban J connectivity index is 1.95. The molecule has 2 aromatic rings. The van der Waals surface area contributed by atoms with Crippen molar-refractivity contribution in [3.8, 4) is 0 Å². The summed E-state index contributed by atoms with van der Waals surface area (Å²) in [5, 5.41) is 13.0. The van der Waals surface area contributed by atoms with Crippen LogP contribution in [0.1, 0.15) is 81.9 Å². The van der Waals surface area contributed by atoms with E-state index in [0.717, 1.165) is 24.3 Å². The zero-order valence-electron chi connectivity index (χ0n) is 20.2. The van der Waals surface area contributed by atoms with Crippen molar-refractivity contribution in [2.24, 2.45) is 5.92 Å². The molecule has 1 unspecified atom stereocenters. The third-order valence-corrected chi connectivity index (χ3v) is 6.69. The first-order chi connectivity index (χ1) is 15.3. The summed E-state index contributed by atoms with van der Waals surface area (Å²) in [6.07, 6.45) is 6.60. The van der Waals surface area contributed by atoms with Gasteiger partial charge in [-0.15, -0.1) is 0 Å². The fourth-order valence-electron chi connectivity index (χ4n) is 4.86. The van der Waals surface area contributed by atoms with Gasteiger partial charge in [0.25, 0.3) is 0 Å². The SMILES string of the molecule is Cc1ccccc1CNc1cc(C(C)CC(=O)O)ccc1N(CC(C)C)C1CCCCC1. The van der Waals surface area contributed by atoms with Crippen LogP contribution in [0.4, 0.5) is 11.4 Å². The number of carboxylic acid groups (broad SMARTS) is 1. The van der Waals surface area contributed by atoms with Crippen molar-refractivity contribution in [3.63, 3.8) is 0 Å². The van der Waals surface area contributed by atoms with Crippen molar-refractivity contribution in [2.75, 3.05) is 16.8 Å². The maximum Gasteiger partial charge on any atom is 0.303 e. The second-order valence-corrected chi connectivity index (χ2v) is 9.89. The number of carboxylic acids is 1. The highest BCUT2D eigenvalue weighted by molar-refractivity contribution is 5.73. The molecule has 1 aliphatic rings. The molecule has 0 bridgehead atoms. The van der Waals surface area contributed by atoms with Gasteiger partial charge in [0.1, 0.15) is 0 Å². The Hall–Kier alpha value is -2.49. The monoisotopic (exact) mass is 436 g/mol. The Morgan fingerprint density at radius 3 is 2.47 bits per heavy atom. The van der Waals surface area contributed by atoms with E-state index in [1.807, 2.05) is 6.92 Å². The van der Waals surface area contributed by atoms with Gasteiger partial charge in [0.2, 0.25) is 0 Å². The molecular weight excluding hydrogens is 396 g/mol. The van der Waals surface area contributed by atoms with Crippen LogP contribution in [0.3, 0.4) is 0 Å². The van der Waals surface area contributed by atoms with Crippen LogP contribution >= 0.6 is 0 Å². The first kappa shape index (κ1) is 24.2. The van der Waals surface area contributed by atoms with Gasteiger partial charge in [-0.05, 0) is 60.4 Å². The summed E-state index contributed by atoms with van der Waals surface area (Å²) in [5.74, 6) is -0.194. The molecule has 0 heterocycles. The van der Waals surface area contributed by atoms with Gasteiger partial charge in [-0.3, -0.25) is 4.79 Å². The normalized spacial score (nSPS) is 15.5. The van der Waals surface area contributed by atoms with E-state index in [1.54, 1.807) is 0 Å². The first-order valence-corrected chi connectivity index (χ1v) is 12.3. The molecule has 0 amide bonds. The molecule has 1 fully saturated rings. The molecule has 2 N–H and O–H groups in total. The van der Waals surface area contributed by atoms with Gasteiger partial charge in [-0.25, -0.2) is 0 Å². The second kappa shape index (κ2) is 11.4. The van der Waals surface area contributed by atoms with Crippen LogP contribution in [0.15, 0.2) is 42.5 Å². The fraction of sp³-hybridized carbons (Fsp3) is 0.536. The average molecular weight is 437 g/mol. The highest BCUT2D eigenvalue weighted by atomic mass is 16.4. The minimum atomic E-state index is -0.750. The molecule has 2 aromatic carbocycles. The van der Waals surface area contributed by atoms with E-state index in [2.05, 4.69) is 73.5 Å². The number of rotatable bonds is 10. The number of hydrogen-bond donors (Lipinski definition) is 2. The van der Waals surface area contributed by atoms with Crippen LogP contribution in [-0.4, -0.2) is 23.7 Å². The Bertz CT molecular complexity index is 887. The zero-order valence-corrected chi connectivity index (χ0v) is 20.2. The van der Waals surface area contributed by atoms with Crippen LogP contribution in [0, 0.1) is 12.8 Å². The molecular formula is C28H40N2O2. The number of nitrogens with zero attached hydrogens (tertiary/aromatic N) is 1. The number of anilines is 2. The summed E-state index contributed by atoms with van der Waals surface area (Å²) >= 11 is 0. The van der Waals surface area contributed by atoms with E-state index in [1.165, 1.54) is 48.9 Å². The molecule has 4 nitrogen and oxygen atoms in total. The summed E-state index contributed by atoms with van der Waals surface area (Å²) in [7, 11) is 0. The fourth-order valence-corrected chi connectivity index (χ4v) is 4.86. The molecule has 0 aliphatic heterocycles. The standard InChI is InChI=1S/C28H40N2O2/c1-20(2)19-30(25-12-6-5-7-13-25)27-15-14-23(22(4)16-28(31)32)17-26(27)29-18-24-11-9-8-10-21(24)3/h8-11,14-15,17,20,22,25,29H,5-7,12-13,16,18-19H2,1-4H3,(H,31,32). The third kappa shape index (κ3) is 6.51. The Morgan fingerprint density at radius 2 is 1.81 bits per heavy atom. The van der Waals surface area contributed by atoms with Crippen LogP contribution in [0.25, 0.3) is 0 Å². The van der Waals surface area contributed by atoms with Crippen molar-refractivity contribution in [3.05, 3.63) is 59.2 Å². The van der Waals surface area contributed by atoms with E-state index in [-0.39, 0.29) is 12.3 Å². The number of hydrogen-bond acceptors (Lipinski definition) is 3. The van der Waals surface area contributed by atoms with Gasteiger partial charge in [0.15, 0.2) is 0 Å². The lowest BCUT2D eigenvalue weighted by molar-refractivity contribution is -0.137. The molecule has 0 saturated heterocycles. The van der Waals surface area contributed by atoms with E-state index in [9.17, 15) is 9.90 Å². The Morgan fingerprint density at radius 1 is 1.09 bits per heavy atom. The summed E-state index contributed by atoms with van der Waals surface area (Å²) < 4.78 is 0. The molecule has 32 heavy (non-hydrogen) atoms. The van der Waals surface area contributed by atoms with Gasteiger partial charge in [0.05, 0.1) is 17.8 Å². The van der Waals surface area contributed by atoms with E-state index in [0.29, 0.717) is 12.0 Å². The van der Waals surface area contributed by atoms with Crippen molar-refractivity contribution in [1.82, 2.24) is 0 Å². The van der Waals surface area contributed by atoms with Crippen molar-refractivity contribution in [1.29, 1.82) is 0 Å². The molecule has 0 aromatic heterocycles. The number of carbonyl (C=O) groups is 1. The van der Waals surface area contributed by atoms with Crippen LogP contribution in [-0.2, 0) is 11.3 Å². The van der Waals surface area contributed by atoms with E-state index in [4.69, 9.17) is 0 Å². The zero-order chi connectivity index (χ0) is 23.1. The molecule has 1 saturated carbocycles. The molecule has 4 heteroatoms. The van der Waals surface area contributed by atoms with Crippen molar-refractivity contribution in [2.45, 2.75) is 84.7 Å². The summed E-state index contributed by atoms with van der Waals surface area (Å²) in [6.45, 7) is 10.5. The van der Waals surface area contributed by atoms with E-state index >= 15 is 0 Å². The smallest absolute Gasteiger partial charge is 0.303 e. The highest BCUT2D eigenvalue weighted by Crippen LogP contribution is 2.36. The second-order valence-electron chi connectivity index (χ2n) is 9.89. The lowest BCUT2D eigenvalue weighted by atomic mass is 9.92. The van der Waals surface area contributed by atoms with Crippen molar-refractivity contribution >= 4 is 17.3 Å². The van der Waals surface area contributed by atoms with Crippen LogP contribution in [0.5, 0.6) is 0 Å². The van der Waals surface area contributed by atoms with Gasteiger partial charge in [-0.1, -0.05) is 70.4 Å². The topological polar surface area (TPSA) is 52.6 Å². The summed E-state index contributed by atoms with van der Waals surface area (Å²) in [4.78, 5) is 13.9. The largest absolute Gasteiger partial charge is 0.481 e. The number of benzene rings is 2. The van der Waals surface area contributed by atoms with Gasteiger partial charge < -0.3 is 15.3 Å². The number of aliphatic carboxylic acids is 1. The van der Waals surface area contributed by atoms with Crippen LogP contribution in [0.2, 0.25) is 0 Å². The minimum Gasteiger partial charge on any atom is -0.481 e. The molecule has 1 aliphatic carbocycles. The molecule has 0 radical (unpaired) electrons. The Labute approximate surface area is 194 Å². The lowest BCUT2D eigenvalue weighted by Crippen LogP contribution is -2.39. The van der Waals surface area contributed by atoms with Crippen molar-refractivity contribution < 1.29 is 9.90 Å². The predicted octanol–water partition coefficient (Wildman–Crippen LogP) is 6.98. The summed E-state index contributed by atoms with van der Waals surface area (Å²) in [6, 6.07) is 15.6. The average Bonchev–Trinajstić information content (AvgIpc) is 2.77. The van der Waals surface area contributed by atoms with Gasteiger partial charge in [-0.2, -0.15) is 0 Å². The third-order valence-electron chi connectivity index (χ3n) is 6.69. The highest BCUT2D eigenvalue weighted by Gasteiger charge is 2.25. The van der Waals surface area contributed by atoms with Crippen LogP contribution < -0.4 is 10.2 Å². The number of aryl methyl sites for hydroxylation is 1. The number of nitrogens with one attached hydrogen (secondary N) is 1. The first-order valence-electron chi connectivity index (χ1n) is 12.3. The molecule has 174 valence electrons. The summed E-state index contributed by atoms with van der Waals surface area (Å²) in [5.41, 5.74) is 6.02. The van der Waals surface area contributed by atoms with E-state index < -0.39 is 5.97 Å². The van der Waals surface area contributed by atoms with Gasteiger partial charge in [0, 0.05) is 19.1 Å². The van der Waals surface area contributed by atoms with Gasteiger partial charge >= 0.3 is 5.97 Å². The minimum absolute atomic E-state index is 0.0196. The molecule has 1 atom stereocenters. The Kier molecular flexibility index (Phi) is 8.60. The maximum atomic E-state index is 11.3. The quantitative estimate of drug-likeness (QED) is 0.422. The molecule has 3 rings (SSSR count). The lowest BCUT2D eigenvalue weighted by Gasteiger charge is -2.38. The predicted molar refractivity (Wildman–Crippen MR) is 135 cm³/mol. The maximum absolute atomic E-state index is 11.3.